The van der Waals surface area contributed by atoms with Gasteiger partial charge >= 0.3 is 0 Å². The number of carbonyl (C=O) groups excluding carboxylic acids is 1. The van der Waals surface area contributed by atoms with Crippen LogP contribution in [0.3, 0.4) is 0 Å². The quantitative estimate of drug-likeness (QED) is 0.0561. The summed E-state index contributed by atoms with van der Waals surface area (Å²) in [6, 6.07) is 0. The first kappa shape index (κ1) is 86.4. The van der Waals surface area contributed by atoms with E-state index >= 15 is 0 Å². The third kappa shape index (κ3) is 169. The van der Waals surface area contributed by atoms with E-state index in [1.807, 2.05) is 0 Å². The molecule has 0 bridgehead atoms. The minimum atomic E-state index is 0.334. The molecule has 0 unspecified atom stereocenters. The van der Waals surface area contributed by atoms with E-state index in [4.69, 9.17) is 0 Å². The SMILES string of the molecule is CCCCCCC.CCCCCCC.CCCCCCC.CCCCCCC.CCCCCCC.CCCCCCC.CCCCCCC.CCCCCCC.CCCCCCCCC(C)=O. The van der Waals surface area contributed by atoms with Gasteiger partial charge in [0.25, 0.3) is 0 Å². The lowest BCUT2D eigenvalue weighted by Crippen LogP contribution is -1.88. The van der Waals surface area contributed by atoms with Crippen LogP contribution in [0, 0.1) is 0 Å². The van der Waals surface area contributed by atoms with Crippen molar-refractivity contribution in [3.05, 3.63) is 0 Å². The van der Waals surface area contributed by atoms with E-state index in [1.54, 1.807) is 6.92 Å². The summed E-state index contributed by atoms with van der Waals surface area (Å²) in [4.78, 5) is 10.5. The van der Waals surface area contributed by atoms with Gasteiger partial charge in [0.15, 0.2) is 0 Å². The highest BCUT2D eigenvalue weighted by molar-refractivity contribution is 5.75. The van der Waals surface area contributed by atoms with E-state index < -0.39 is 0 Å². The average Bonchev–Trinajstić information content (AvgIpc) is 3.33. The monoisotopic (exact) mass is 957 g/mol. The number of ketones is 1. The molecular weight excluding hydrogens is 809 g/mol. The summed E-state index contributed by atoms with van der Waals surface area (Å²) in [7, 11) is 0. The molecule has 0 aromatic carbocycles. The number of hydrogen-bond donors (Lipinski definition) is 0. The van der Waals surface area contributed by atoms with Crippen molar-refractivity contribution in [1.82, 2.24) is 0 Å². The molecule has 0 rings (SSSR count). The largest absolute Gasteiger partial charge is 0.300 e. The molecule has 0 aromatic rings. The van der Waals surface area contributed by atoms with Gasteiger partial charge in [-0.3, -0.25) is 0 Å². The Bertz CT molecular complexity index is 459. The number of rotatable bonds is 39. The lowest BCUT2D eigenvalue weighted by Gasteiger charge is -1.97. The molecule has 0 heterocycles. The van der Waals surface area contributed by atoms with Gasteiger partial charge in [-0.2, -0.15) is 0 Å². The normalized spacial score (nSPS) is 9.52. The summed E-state index contributed by atoms with van der Waals surface area (Å²) < 4.78 is 0. The Hall–Kier alpha value is -0.330. The second kappa shape index (κ2) is 111. The number of hydrogen-bond acceptors (Lipinski definition) is 1. The second-order valence-electron chi connectivity index (χ2n) is 19.7. The smallest absolute Gasteiger partial charge is 0.129 e. The third-order valence-electron chi connectivity index (χ3n) is 11.5. The lowest BCUT2D eigenvalue weighted by molar-refractivity contribution is -0.117. The van der Waals surface area contributed by atoms with Crippen LogP contribution in [0.1, 0.15) is 426 Å². The Morgan fingerprint density at radius 3 is 0.358 bits per heavy atom. The molecule has 1 nitrogen and oxygen atoms in total. The van der Waals surface area contributed by atoms with E-state index in [1.165, 1.54) is 289 Å². The molecule has 0 aliphatic carbocycles. The van der Waals surface area contributed by atoms with Crippen LogP contribution in [0.2, 0.25) is 0 Å². The second-order valence-corrected chi connectivity index (χ2v) is 19.7. The van der Waals surface area contributed by atoms with Crippen molar-refractivity contribution in [3.8, 4) is 0 Å². The molecule has 418 valence electrons. The van der Waals surface area contributed by atoms with Gasteiger partial charge < -0.3 is 4.79 Å². The standard InChI is InChI=1S/C10H20O.8C7H16/c1-3-4-5-6-7-8-9-10(2)11;8*1-3-5-7-6-4-2/h3-9H2,1-2H3;8*3-7H2,1-2H3. The van der Waals surface area contributed by atoms with Crippen LogP contribution in [0.5, 0.6) is 0 Å². The maximum absolute atomic E-state index is 10.5. The van der Waals surface area contributed by atoms with E-state index in [0.717, 1.165) is 12.8 Å². The summed E-state index contributed by atoms with van der Waals surface area (Å²) >= 11 is 0. The molecule has 0 aliphatic heterocycles. The molecule has 1 heteroatoms. The first-order valence-corrected chi connectivity index (χ1v) is 32.1. The summed E-state index contributed by atoms with van der Waals surface area (Å²) in [5.74, 6) is 0.334. The predicted octanol–water partition coefficient (Wildman–Crippen LogP) is 27.1. The Balaban J connectivity index is -0.0000000811. The third-order valence-corrected chi connectivity index (χ3v) is 11.5. The van der Waals surface area contributed by atoms with Gasteiger partial charge in [0.1, 0.15) is 5.78 Å². The molecule has 0 radical (unpaired) electrons. The van der Waals surface area contributed by atoms with Gasteiger partial charge in [-0.15, -0.1) is 0 Å². The summed E-state index contributed by atoms with van der Waals surface area (Å²) in [5, 5.41) is 0. The summed E-state index contributed by atoms with van der Waals surface area (Å²) in [6.07, 6.45) is 64.5. The minimum absolute atomic E-state index is 0.334. The molecular formula is C66H148O. The van der Waals surface area contributed by atoms with Gasteiger partial charge in [0.2, 0.25) is 0 Å². The van der Waals surface area contributed by atoms with Gasteiger partial charge in [0, 0.05) is 6.42 Å². The van der Waals surface area contributed by atoms with Gasteiger partial charge in [-0.25, -0.2) is 0 Å². The van der Waals surface area contributed by atoms with Crippen molar-refractivity contribution in [2.24, 2.45) is 0 Å². The van der Waals surface area contributed by atoms with E-state index in [9.17, 15) is 4.79 Å². The molecule has 67 heavy (non-hydrogen) atoms. The van der Waals surface area contributed by atoms with Gasteiger partial charge in [-0.05, 0) is 13.3 Å². The highest BCUT2D eigenvalue weighted by Crippen LogP contribution is 2.07. The molecule has 0 spiro atoms. The maximum Gasteiger partial charge on any atom is 0.129 e. The molecule has 0 aliphatic rings. The van der Waals surface area contributed by atoms with Crippen LogP contribution in [-0.4, -0.2) is 5.78 Å². The van der Waals surface area contributed by atoms with Crippen molar-refractivity contribution < 1.29 is 4.79 Å². The molecule has 0 N–H and O–H groups in total. The Morgan fingerprint density at radius 2 is 0.254 bits per heavy atom. The Morgan fingerprint density at radius 1 is 0.164 bits per heavy atom. The molecule has 0 saturated carbocycles. The van der Waals surface area contributed by atoms with Crippen LogP contribution in [-0.2, 0) is 4.79 Å². The Labute approximate surface area is 435 Å². The number of Topliss-reactive ketones (excluding diaryl/α,β-unsaturated/α-hetero) is 1. The number of carbonyl (C=O) groups is 1. The Kier molecular flexibility index (Phi) is 144. The zero-order valence-corrected chi connectivity index (χ0v) is 52.1. The van der Waals surface area contributed by atoms with E-state index in [0.29, 0.717) is 5.78 Å². The average molecular weight is 958 g/mol. The lowest BCUT2D eigenvalue weighted by atomic mass is 10.1. The maximum atomic E-state index is 10.5. The van der Waals surface area contributed by atoms with E-state index in [-0.39, 0.29) is 0 Å². The first-order valence-electron chi connectivity index (χ1n) is 32.1. The molecule has 0 amide bonds. The van der Waals surface area contributed by atoms with E-state index in [2.05, 4.69) is 118 Å². The molecule has 0 fully saturated rings. The number of unbranched alkanes of at least 4 members (excludes halogenated alkanes) is 37. The van der Waals surface area contributed by atoms with Crippen molar-refractivity contribution in [1.29, 1.82) is 0 Å². The van der Waals surface area contributed by atoms with Crippen LogP contribution >= 0.6 is 0 Å². The highest BCUT2D eigenvalue weighted by atomic mass is 16.1. The van der Waals surface area contributed by atoms with Crippen molar-refractivity contribution in [2.75, 3.05) is 0 Å². The van der Waals surface area contributed by atoms with Crippen LogP contribution in [0.25, 0.3) is 0 Å². The molecule has 0 atom stereocenters. The first-order chi connectivity index (χ1) is 32.6. The summed E-state index contributed by atoms with van der Waals surface area (Å²) in [5.41, 5.74) is 0. The summed E-state index contributed by atoms with van der Waals surface area (Å²) in [6.45, 7) is 39.8. The fourth-order valence-corrected chi connectivity index (χ4v) is 6.57. The fraction of sp³-hybridized carbons (Fsp3) is 0.985. The van der Waals surface area contributed by atoms with Crippen LogP contribution < -0.4 is 0 Å². The molecule has 0 saturated heterocycles. The zero-order chi connectivity index (χ0) is 52.8. The van der Waals surface area contributed by atoms with Crippen molar-refractivity contribution in [3.63, 3.8) is 0 Å². The van der Waals surface area contributed by atoms with Gasteiger partial charge in [0.05, 0.1) is 0 Å². The fourth-order valence-electron chi connectivity index (χ4n) is 6.57. The minimum Gasteiger partial charge on any atom is -0.300 e. The topological polar surface area (TPSA) is 17.1 Å². The predicted molar refractivity (Wildman–Crippen MR) is 324 cm³/mol. The molecule has 0 aromatic heterocycles. The zero-order valence-electron chi connectivity index (χ0n) is 52.1. The highest BCUT2D eigenvalue weighted by Gasteiger charge is 1.93. The van der Waals surface area contributed by atoms with Crippen molar-refractivity contribution in [2.45, 2.75) is 426 Å². The van der Waals surface area contributed by atoms with Gasteiger partial charge in [-0.1, -0.05) is 407 Å². The van der Waals surface area contributed by atoms with Crippen LogP contribution in [0.4, 0.5) is 0 Å². The van der Waals surface area contributed by atoms with Crippen LogP contribution in [0.15, 0.2) is 0 Å². The van der Waals surface area contributed by atoms with Crippen molar-refractivity contribution >= 4 is 5.78 Å².